The number of fused-ring (bicyclic) bond motifs is 2. The largest absolute Gasteiger partial charge is 0.322 e. The number of piperidine rings is 2. The van der Waals surface area contributed by atoms with Crippen molar-refractivity contribution in [2.75, 3.05) is 18.0 Å². The number of carbonyl (C=O) groups is 4. The molecule has 0 bridgehead atoms. The van der Waals surface area contributed by atoms with E-state index in [1.807, 2.05) is 30.3 Å². The molecule has 4 aliphatic heterocycles. The first-order valence-electron chi connectivity index (χ1n) is 14.3. The standard InChI is InChI=1S/C32H31N5O4/c38-29-9-8-27(30(39)34-29)36-19-24-16-22(6-7-25(24)31(36)40)21-10-13-35(14-11-21)17-20-4-5-23-18-37(32(41)26(23)15-20)28-3-1-2-12-33-28/h1-7,12,15-16,21,27H,8-11,13-14,17-19H2,(H,34,38,39). The highest BCUT2D eigenvalue weighted by atomic mass is 16.2. The molecule has 2 fully saturated rings. The average Bonchev–Trinajstić information content (AvgIpc) is 3.49. The molecule has 1 atom stereocenters. The minimum absolute atomic E-state index is 0.00511. The summed E-state index contributed by atoms with van der Waals surface area (Å²) in [5.74, 6) is 0.299. The minimum atomic E-state index is -0.591. The molecule has 0 spiro atoms. The van der Waals surface area contributed by atoms with Crippen molar-refractivity contribution in [2.45, 2.75) is 57.3 Å². The topological polar surface area (TPSA) is 103 Å². The van der Waals surface area contributed by atoms with Crippen LogP contribution >= 0.6 is 0 Å². The summed E-state index contributed by atoms with van der Waals surface area (Å²) in [6.45, 7) is 3.66. The van der Waals surface area contributed by atoms with Gasteiger partial charge in [0.15, 0.2) is 0 Å². The van der Waals surface area contributed by atoms with Gasteiger partial charge in [0.25, 0.3) is 11.8 Å². The maximum atomic E-state index is 13.1. The lowest BCUT2D eigenvalue weighted by Crippen LogP contribution is -2.52. The SMILES string of the molecule is O=C1CCC(N2Cc3cc(C4CCN(Cc5ccc6c(c5)C(=O)N(c5ccccn5)C6)CC4)ccc3C2=O)C(=O)N1. The van der Waals surface area contributed by atoms with Crippen molar-refractivity contribution in [2.24, 2.45) is 0 Å². The van der Waals surface area contributed by atoms with Crippen molar-refractivity contribution in [3.05, 3.63) is 94.2 Å². The summed E-state index contributed by atoms with van der Waals surface area (Å²) in [6, 6.07) is 17.4. The zero-order valence-electron chi connectivity index (χ0n) is 22.7. The molecule has 4 aliphatic rings. The Labute approximate surface area is 238 Å². The summed E-state index contributed by atoms with van der Waals surface area (Å²) in [7, 11) is 0. The highest BCUT2D eigenvalue weighted by Gasteiger charge is 2.39. The summed E-state index contributed by atoms with van der Waals surface area (Å²) in [5.41, 5.74) is 5.80. The molecular formula is C32H31N5O4. The molecule has 0 radical (unpaired) electrons. The van der Waals surface area contributed by atoms with Crippen LogP contribution in [0, 0.1) is 0 Å². The third kappa shape index (κ3) is 4.70. The number of nitrogens with zero attached hydrogens (tertiary/aromatic N) is 4. The van der Waals surface area contributed by atoms with Crippen molar-refractivity contribution in [3.8, 4) is 0 Å². The van der Waals surface area contributed by atoms with Crippen molar-refractivity contribution in [1.82, 2.24) is 20.1 Å². The second-order valence-corrected chi connectivity index (χ2v) is 11.4. The van der Waals surface area contributed by atoms with Gasteiger partial charge >= 0.3 is 0 Å². The number of anilines is 1. The lowest BCUT2D eigenvalue weighted by Gasteiger charge is -2.32. The minimum Gasteiger partial charge on any atom is -0.322 e. The van der Waals surface area contributed by atoms with Gasteiger partial charge in [0.2, 0.25) is 11.8 Å². The van der Waals surface area contributed by atoms with E-state index >= 15 is 0 Å². The second-order valence-electron chi connectivity index (χ2n) is 11.4. The summed E-state index contributed by atoms with van der Waals surface area (Å²) in [6.07, 6.45) is 4.36. The maximum Gasteiger partial charge on any atom is 0.260 e. The third-order valence-electron chi connectivity index (χ3n) is 8.92. The molecule has 1 N–H and O–H groups in total. The summed E-state index contributed by atoms with van der Waals surface area (Å²) >= 11 is 0. The number of pyridine rings is 1. The van der Waals surface area contributed by atoms with Crippen LogP contribution in [0.25, 0.3) is 0 Å². The van der Waals surface area contributed by atoms with Crippen molar-refractivity contribution in [1.29, 1.82) is 0 Å². The van der Waals surface area contributed by atoms with Crippen LogP contribution in [0.15, 0.2) is 60.8 Å². The van der Waals surface area contributed by atoms with E-state index in [1.54, 1.807) is 16.0 Å². The van der Waals surface area contributed by atoms with Gasteiger partial charge in [-0.2, -0.15) is 0 Å². The van der Waals surface area contributed by atoms with Crippen LogP contribution in [-0.4, -0.2) is 57.5 Å². The molecule has 2 saturated heterocycles. The fourth-order valence-electron chi connectivity index (χ4n) is 6.68. The number of hydrogen-bond acceptors (Lipinski definition) is 6. The Kier molecular flexibility index (Phi) is 6.38. The van der Waals surface area contributed by atoms with E-state index in [0.29, 0.717) is 36.8 Å². The molecular weight excluding hydrogens is 518 g/mol. The number of likely N-dealkylation sites (tertiary alicyclic amines) is 1. The lowest BCUT2D eigenvalue weighted by atomic mass is 9.87. The van der Waals surface area contributed by atoms with E-state index < -0.39 is 6.04 Å². The van der Waals surface area contributed by atoms with Crippen LogP contribution in [0.3, 0.4) is 0 Å². The Morgan fingerprint density at radius 1 is 0.829 bits per heavy atom. The number of nitrogens with one attached hydrogen (secondary N) is 1. The van der Waals surface area contributed by atoms with E-state index in [2.05, 4.69) is 39.5 Å². The lowest BCUT2D eigenvalue weighted by molar-refractivity contribution is -0.136. The second kappa shape index (κ2) is 10.2. The van der Waals surface area contributed by atoms with Gasteiger partial charge in [-0.1, -0.05) is 30.3 Å². The van der Waals surface area contributed by atoms with Gasteiger partial charge in [0, 0.05) is 36.8 Å². The van der Waals surface area contributed by atoms with Gasteiger partial charge in [0.05, 0.1) is 6.54 Å². The molecule has 1 unspecified atom stereocenters. The fraction of sp³-hybridized carbons (Fsp3) is 0.344. The third-order valence-corrected chi connectivity index (χ3v) is 8.92. The first-order chi connectivity index (χ1) is 19.9. The van der Waals surface area contributed by atoms with Crippen molar-refractivity contribution in [3.63, 3.8) is 0 Å². The molecule has 4 amide bonds. The first-order valence-corrected chi connectivity index (χ1v) is 14.3. The van der Waals surface area contributed by atoms with E-state index in [0.717, 1.165) is 54.7 Å². The number of amides is 4. The number of aromatic nitrogens is 1. The Balaban J connectivity index is 0.974. The zero-order valence-corrected chi connectivity index (χ0v) is 22.7. The summed E-state index contributed by atoms with van der Waals surface area (Å²) < 4.78 is 0. The Morgan fingerprint density at radius 3 is 2.46 bits per heavy atom. The van der Waals surface area contributed by atoms with Crippen LogP contribution in [0.1, 0.15) is 74.6 Å². The maximum absolute atomic E-state index is 13.1. The van der Waals surface area contributed by atoms with E-state index in [1.165, 1.54) is 5.56 Å². The number of benzene rings is 2. The van der Waals surface area contributed by atoms with Crippen LogP contribution in [0.4, 0.5) is 5.82 Å². The van der Waals surface area contributed by atoms with Crippen LogP contribution in [-0.2, 0) is 29.2 Å². The molecule has 208 valence electrons. The molecule has 1 aromatic heterocycles. The van der Waals surface area contributed by atoms with Crippen LogP contribution in [0.5, 0.6) is 0 Å². The van der Waals surface area contributed by atoms with Crippen LogP contribution in [0.2, 0.25) is 0 Å². The zero-order chi connectivity index (χ0) is 28.1. The number of rotatable bonds is 5. The van der Waals surface area contributed by atoms with Gasteiger partial charge in [-0.15, -0.1) is 0 Å². The van der Waals surface area contributed by atoms with Gasteiger partial charge in [-0.3, -0.25) is 34.3 Å². The molecule has 0 saturated carbocycles. The molecule has 2 aromatic carbocycles. The Morgan fingerprint density at radius 2 is 1.68 bits per heavy atom. The molecule has 0 aliphatic carbocycles. The molecule has 3 aromatic rings. The van der Waals surface area contributed by atoms with Crippen molar-refractivity contribution >= 4 is 29.4 Å². The average molecular weight is 550 g/mol. The predicted molar refractivity (Wildman–Crippen MR) is 151 cm³/mol. The number of hydrogen-bond donors (Lipinski definition) is 1. The predicted octanol–water partition coefficient (Wildman–Crippen LogP) is 3.38. The van der Waals surface area contributed by atoms with Crippen LogP contribution < -0.4 is 10.2 Å². The summed E-state index contributed by atoms with van der Waals surface area (Å²) in [5, 5.41) is 2.36. The number of imide groups is 1. The first kappa shape index (κ1) is 25.6. The number of carbonyl (C=O) groups excluding carboxylic acids is 4. The summed E-state index contributed by atoms with van der Waals surface area (Å²) in [4.78, 5) is 60.2. The highest BCUT2D eigenvalue weighted by Crippen LogP contribution is 2.34. The van der Waals surface area contributed by atoms with E-state index in [4.69, 9.17) is 0 Å². The molecule has 7 rings (SSSR count). The quantitative estimate of drug-likeness (QED) is 0.490. The molecule has 41 heavy (non-hydrogen) atoms. The fourth-order valence-corrected chi connectivity index (χ4v) is 6.68. The van der Waals surface area contributed by atoms with Crippen molar-refractivity contribution < 1.29 is 19.2 Å². The van der Waals surface area contributed by atoms with E-state index in [-0.39, 0.29) is 30.0 Å². The normalized spacial score (nSPS) is 21.3. The van der Waals surface area contributed by atoms with Gasteiger partial charge < -0.3 is 4.90 Å². The Hall–Kier alpha value is -4.37. The van der Waals surface area contributed by atoms with E-state index in [9.17, 15) is 19.2 Å². The molecule has 9 nitrogen and oxygen atoms in total. The molecule has 9 heteroatoms. The molecule has 5 heterocycles. The Bertz CT molecular complexity index is 1560. The smallest absolute Gasteiger partial charge is 0.260 e. The van der Waals surface area contributed by atoms with Gasteiger partial charge in [-0.25, -0.2) is 4.98 Å². The van der Waals surface area contributed by atoms with Gasteiger partial charge in [0.1, 0.15) is 11.9 Å². The van der Waals surface area contributed by atoms with Gasteiger partial charge in [-0.05, 0) is 84.8 Å². The monoisotopic (exact) mass is 549 g/mol. The highest BCUT2D eigenvalue weighted by molar-refractivity contribution is 6.09.